The monoisotopic (exact) mass is 196 g/mol. The highest BCUT2D eigenvalue weighted by Crippen LogP contribution is 2.15. The number of nitro groups is 1. The fraction of sp³-hybridized carbons (Fsp3) is 0.125. The zero-order valence-electron chi connectivity index (χ0n) is 6.98. The molecule has 0 atom stereocenters. The molecule has 0 spiro atoms. The SMILES string of the molecule is CC(=S)Nc1ccc([N+](=O)[O-])cc1. The molecule has 4 nitrogen and oxygen atoms in total. The van der Waals surface area contributed by atoms with E-state index in [0.29, 0.717) is 4.99 Å². The first-order valence-electron chi connectivity index (χ1n) is 3.61. The van der Waals surface area contributed by atoms with Gasteiger partial charge in [0, 0.05) is 17.8 Å². The van der Waals surface area contributed by atoms with Crippen molar-refractivity contribution in [2.24, 2.45) is 0 Å². The number of rotatable bonds is 2. The third-order valence-electron chi connectivity index (χ3n) is 1.40. The van der Waals surface area contributed by atoms with Gasteiger partial charge in [0.15, 0.2) is 0 Å². The second-order valence-electron chi connectivity index (χ2n) is 2.49. The number of nitrogens with one attached hydrogen (secondary N) is 1. The van der Waals surface area contributed by atoms with Gasteiger partial charge in [-0.05, 0) is 19.1 Å². The van der Waals surface area contributed by atoms with Crippen LogP contribution in [0.15, 0.2) is 24.3 Å². The number of nitro benzene ring substituents is 1. The Kier molecular flexibility index (Phi) is 2.92. The van der Waals surface area contributed by atoms with Crippen molar-refractivity contribution in [1.82, 2.24) is 0 Å². The lowest BCUT2D eigenvalue weighted by Gasteiger charge is -2.01. The average Bonchev–Trinajstić information content (AvgIpc) is 2.04. The van der Waals surface area contributed by atoms with E-state index in [-0.39, 0.29) is 5.69 Å². The zero-order chi connectivity index (χ0) is 9.84. The van der Waals surface area contributed by atoms with Gasteiger partial charge in [0.05, 0.1) is 9.91 Å². The molecule has 1 aromatic rings. The maximum absolute atomic E-state index is 10.3. The fourth-order valence-corrected chi connectivity index (χ4v) is 0.988. The molecule has 0 aliphatic carbocycles. The maximum Gasteiger partial charge on any atom is 0.269 e. The first-order chi connectivity index (χ1) is 6.09. The Hall–Kier alpha value is -1.49. The van der Waals surface area contributed by atoms with E-state index >= 15 is 0 Å². The molecule has 0 heterocycles. The van der Waals surface area contributed by atoms with Crippen LogP contribution in [0.1, 0.15) is 6.92 Å². The summed E-state index contributed by atoms with van der Waals surface area (Å²) in [5, 5.41) is 13.2. The van der Waals surface area contributed by atoms with E-state index < -0.39 is 4.92 Å². The van der Waals surface area contributed by atoms with Crippen molar-refractivity contribution >= 4 is 28.6 Å². The predicted octanol–water partition coefficient (Wildman–Crippen LogP) is 2.35. The molecule has 13 heavy (non-hydrogen) atoms. The third-order valence-corrected chi connectivity index (χ3v) is 1.50. The Morgan fingerprint density at radius 1 is 1.46 bits per heavy atom. The minimum absolute atomic E-state index is 0.0765. The van der Waals surface area contributed by atoms with Crippen molar-refractivity contribution in [3.63, 3.8) is 0 Å². The van der Waals surface area contributed by atoms with Crippen molar-refractivity contribution in [2.75, 3.05) is 5.32 Å². The molecule has 0 aliphatic heterocycles. The largest absolute Gasteiger partial charge is 0.350 e. The fourth-order valence-electron chi connectivity index (χ4n) is 0.870. The average molecular weight is 196 g/mol. The van der Waals surface area contributed by atoms with Gasteiger partial charge >= 0.3 is 0 Å². The summed E-state index contributed by atoms with van der Waals surface area (Å²) in [5.41, 5.74) is 0.839. The topological polar surface area (TPSA) is 55.2 Å². The predicted molar refractivity (Wildman–Crippen MR) is 55.0 cm³/mol. The second kappa shape index (κ2) is 3.95. The third kappa shape index (κ3) is 2.79. The standard InChI is InChI=1S/C8H8N2O2S/c1-6(13)9-7-2-4-8(5-3-7)10(11)12/h2-5H,1H3,(H,9,13). The molecule has 1 aromatic carbocycles. The molecule has 68 valence electrons. The molecular weight excluding hydrogens is 188 g/mol. The van der Waals surface area contributed by atoms with E-state index in [0.717, 1.165) is 5.69 Å². The van der Waals surface area contributed by atoms with E-state index in [4.69, 9.17) is 12.2 Å². The molecule has 0 amide bonds. The van der Waals surface area contributed by atoms with E-state index in [1.54, 1.807) is 19.1 Å². The highest BCUT2D eigenvalue weighted by atomic mass is 32.1. The number of nitrogens with zero attached hydrogens (tertiary/aromatic N) is 1. The van der Waals surface area contributed by atoms with Gasteiger partial charge in [-0.1, -0.05) is 12.2 Å². The number of thiocarbonyl (C=S) groups is 1. The van der Waals surface area contributed by atoms with Crippen molar-refractivity contribution in [3.8, 4) is 0 Å². The van der Waals surface area contributed by atoms with Gasteiger partial charge in [0.1, 0.15) is 0 Å². The number of hydrogen-bond acceptors (Lipinski definition) is 3. The summed E-state index contributed by atoms with van der Waals surface area (Å²) >= 11 is 4.82. The van der Waals surface area contributed by atoms with Gasteiger partial charge in [-0.2, -0.15) is 0 Å². The molecule has 1 rings (SSSR count). The van der Waals surface area contributed by atoms with Gasteiger partial charge in [-0.3, -0.25) is 10.1 Å². The summed E-state index contributed by atoms with van der Waals surface area (Å²) in [5.74, 6) is 0. The van der Waals surface area contributed by atoms with E-state index in [1.165, 1.54) is 12.1 Å². The lowest BCUT2D eigenvalue weighted by Crippen LogP contribution is -2.02. The molecule has 0 bridgehead atoms. The number of non-ortho nitro benzene ring substituents is 1. The maximum atomic E-state index is 10.3. The first kappa shape index (κ1) is 9.60. The normalized spacial score (nSPS) is 9.31. The quantitative estimate of drug-likeness (QED) is 0.448. The molecule has 1 N–H and O–H groups in total. The summed E-state index contributed by atoms with van der Waals surface area (Å²) in [6, 6.07) is 6.10. The van der Waals surface area contributed by atoms with Crippen molar-refractivity contribution in [2.45, 2.75) is 6.92 Å². The Bertz CT molecular complexity index is 335. The summed E-state index contributed by atoms with van der Waals surface area (Å²) < 4.78 is 0. The lowest BCUT2D eigenvalue weighted by molar-refractivity contribution is -0.384. The van der Waals surface area contributed by atoms with Crippen molar-refractivity contribution < 1.29 is 4.92 Å². The molecule has 0 aliphatic rings. The van der Waals surface area contributed by atoms with E-state index in [2.05, 4.69) is 5.32 Å². The van der Waals surface area contributed by atoms with Crippen LogP contribution in [0.25, 0.3) is 0 Å². The van der Waals surface area contributed by atoms with Crippen LogP contribution in [0.5, 0.6) is 0 Å². The van der Waals surface area contributed by atoms with Crippen LogP contribution in [0.3, 0.4) is 0 Å². The molecule has 5 heteroatoms. The summed E-state index contributed by atoms with van der Waals surface area (Å²) in [6.07, 6.45) is 0. The van der Waals surface area contributed by atoms with Gasteiger partial charge in [0.25, 0.3) is 5.69 Å². The number of hydrogen-bond donors (Lipinski definition) is 1. The van der Waals surface area contributed by atoms with Crippen LogP contribution in [0.4, 0.5) is 11.4 Å². The Morgan fingerprint density at radius 2 is 2.00 bits per heavy atom. The molecule has 0 fully saturated rings. The van der Waals surface area contributed by atoms with Gasteiger partial charge < -0.3 is 5.32 Å². The van der Waals surface area contributed by atoms with Crippen LogP contribution in [0.2, 0.25) is 0 Å². The second-order valence-corrected chi connectivity index (χ2v) is 3.10. The van der Waals surface area contributed by atoms with E-state index in [9.17, 15) is 10.1 Å². The Labute approximate surface area is 80.7 Å². The minimum atomic E-state index is -0.436. The molecule has 0 radical (unpaired) electrons. The molecule has 0 unspecified atom stereocenters. The molecule has 0 saturated carbocycles. The zero-order valence-corrected chi connectivity index (χ0v) is 7.80. The highest BCUT2D eigenvalue weighted by Gasteiger charge is 2.03. The highest BCUT2D eigenvalue weighted by molar-refractivity contribution is 7.80. The first-order valence-corrected chi connectivity index (χ1v) is 4.02. The summed E-state index contributed by atoms with van der Waals surface area (Å²) in [7, 11) is 0. The van der Waals surface area contributed by atoms with Crippen LogP contribution >= 0.6 is 12.2 Å². The van der Waals surface area contributed by atoms with Gasteiger partial charge in [-0.25, -0.2) is 0 Å². The molecule has 0 saturated heterocycles. The van der Waals surface area contributed by atoms with Crippen molar-refractivity contribution in [1.29, 1.82) is 0 Å². The van der Waals surface area contributed by atoms with Crippen LogP contribution in [0, 0.1) is 10.1 Å². The van der Waals surface area contributed by atoms with E-state index in [1.807, 2.05) is 0 Å². The Balaban J connectivity index is 2.81. The van der Waals surface area contributed by atoms with Crippen LogP contribution < -0.4 is 5.32 Å². The number of anilines is 1. The smallest absolute Gasteiger partial charge is 0.269 e. The minimum Gasteiger partial charge on any atom is -0.350 e. The van der Waals surface area contributed by atoms with Crippen molar-refractivity contribution in [3.05, 3.63) is 34.4 Å². The number of benzene rings is 1. The summed E-state index contributed by atoms with van der Waals surface area (Å²) in [6.45, 7) is 1.75. The van der Waals surface area contributed by atoms with Crippen LogP contribution in [-0.4, -0.2) is 9.91 Å². The van der Waals surface area contributed by atoms with Gasteiger partial charge in [0.2, 0.25) is 0 Å². The summed E-state index contributed by atoms with van der Waals surface area (Å²) in [4.78, 5) is 10.5. The molecule has 0 aromatic heterocycles. The van der Waals surface area contributed by atoms with Gasteiger partial charge in [-0.15, -0.1) is 0 Å². The Morgan fingerprint density at radius 3 is 2.38 bits per heavy atom. The molecular formula is C8H8N2O2S. The van der Waals surface area contributed by atoms with Crippen LogP contribution in [-0.2, 0) is 0 Å². The lowest BCUT2D eigenvalue weighted by atomic mass is 10.3.